The monoisotopic (exact) mass is 730 g/mol. The maximum Gasteiger partial charge on any atom is 0.238 e. The Morgan fingerprint density at radius 2 is 0.946 bits per heavy atom. The molecule has 0 atom stereocenters. The molecule has 0 amide bonds. The number of thiophene rings is 1. The summed E-state index contributed by atoms with van der Waals surface area (Å²) in [6.45, 7) is 0. The molecule has 260 valence electrons. The molecule has 0 aliphatic rings. The van der Waals surface area contributed by atoms with E-state index in [4.69, 9.17) is 15.0 Å². The first kappa shape index (κ1) is 31.2. The topological polar surface area (TPSA) is 43.6 Å². The van der Waals surface area contributed by atoms with Crippen LogP contribution < -0.4 is 0 Å². The number of aromatic nitrogens is 4. The fraction of sp³-hybridized carbons (Fsp3) is 0. The third-order valence-electron chi connectivity index (χ3n) is 11.2. The van der Waals surface area contributed by atoms with Gasteiger partial charge in [0, 0.05) is 47.6 Å². The molecule has 0 unspecified atom stereocenters. The van der Waals surface area contributed by atoms with Crippen LogP contribution in [0.1, 0.15) is 0 Å². The number of rotatable bonds is 4. The summed E-state index contributed by atoms with van der Waals surface area (Å²) in [5.74, 6) is 1.84. The van der Waals surface area contributed by atoms with Crippen LogP contribution in [0.5, 0.6) is 0 Å². The Bertz CT molecular complexity index is 3460. The molecule has 0 radical (unpaired) electrons. The molecule has 4 nitrogen and oxygen atoms in total. The average molecular weight is 731 g/mol. The molecular formula is C51H30N4S. The standard InChI is InChI=1S/C51H30N4S/c1-3-13-34-28-37(22-20-31(34)10-1)49-52-50(38-23-21-32-11-2-4-14-35(32)29-38)54-51(53-49)55-44-27-25-33-12-5-6-15-39(33)47(44)43-18-9-17-40(48(43)55)36-24-26-42-41-16-7-8-19-45(41)56-46(42)30-36/h1-30H. The first-order chi connectivity index (χ1) is 27.7. The van der Waals surface area contributed by atoms with Gasteiger partial charge in [-0.25, -0.2) is 4.98 Å². The second-order valence-electron chi connectivity index (χ2n) is 14.4. The molecule has 12 aromatic rings. The van der Waals surface area contributed by atoms with Gasteiger partial charge in [-0.15, -0.1) is 11.3 Å². The van der Waals surface area contributed by atoms with Crippen LogP contribution in [0.2, 0.25) is 0 Å². The average Bonchev–Trinajstić information content (AvgIpc) is 3.82. The van der Waals surface area contributed by atoms with Gasteiger partial charge in [0.1, 0.15) is 0 Å². The molecule has 0 spiro atoms. The highest BCUT2D eigenvalue weighted by Gasteiger charge is 2.22. The van der Waals surface area contributed by atoms with E-state index in [0.717, 1.165) is 49.4 Å². The van der Waals surface area contributed by atoms with Crippen molar-refractivity contribution in [2.75, 3.05) is 0 Å². The van der Waals surface area contributed by atoms with Gasteiger partial charge in [0.25, 0.3) is 0 Å². The lowest BCUT2D eigenvalue weighted by Gasteiger charge is -2.13. The van der Waals surface area contributed by atoms with E-state index in [1.807, 2.05) is 11.3 Å². The van der Waals surface area contributed by atoms with Crippen LogP contribution >= 0.6 is 11.3 Å². The molecule has 5 heteroatoms. The van der Waals surface area contributed by atoms with E-state index in [2.05, 4.69) is 187 Å². The second kappa shape index (κ2) is 12.2. The number of benzene rings is 9. The predicted octanol–water partition coefficient (Wildman–Crippen LogP) is 13.8. The van der Waals surface area contributed by atoms with Gasteiger partial charge in [0.2, 0.25) is 5.95 Å². The van der Waals surface area contributed by atoms with E-state index >= 15 is 0 Å². The maximum absolute atomic E-state index is 5.38. The minimum atomic E-state index is 0.581. The number of nitrogens with zero attached hydrogens (tertiary/aromatic N) is 4. The Labute approximate surface area is 325 Å². The second-order valence-corrected chi connectivity index (χ2v) is 15.5. The SMILES string of the molecule is c1ccc2cc(-c3nc(-c4ccc5ccccc5c4)nc(-n4c5ccc6ccccc6c5c5cccc(-c6ccc7c(c6)sc6ccccc67)c54)n3)ccc2c1. The van der Waals surface area contributed by atoms with Crippen molar-refractivity contribution in [1.82, 2.24) is 19.5 Å². The molecule has 9 aromatic carbocycles. The summed E-state index contributed by atoms with van der Waals surface area (Å²) in [7, 11) is 0. The number of hydrogen-bond acceptors (Lipinski definition) is 4. The molecule has 0 saturated carbocycles. The van der Waals surface area contributed by atoms with Gasteiger partial charge < -0.3 is 0 Å². The van der Waals surface area contributed by atoms with E-state index in [1.165, 1.54) is 47.1 Å². The zero-order valence-corrected chi connectivity index (χ0v) is 30.8. The minimum absolute atomic E-state index is 0.581. The summed E-state index contributed by atoms with van der Waals surface area (Å²) < 4.78 is 4.84. The largest absolute Gasteiger partial charge is 0.277 e. The first-order valence-electron chi connectivity index (χ1n) is 18.8. The smallest absolute Gasteiger partial charge is 0.238 e. The third kappa shape index (κ3) is 4.81. The zero-order valence-electron chi connectivity index (χ0n) is 30.0. The summed E-state index contributed by atoms with van der Waals surface area (Å²) in [5, 5.41) is 11.9. The van der Waals surface area contributed by atoms with Crippen LogP contribution in [-0.2, 0) is 0 Å². The lowest BCUT2D eigenvalue weighted by Crippen LogP contribution is -2.07. The molecule has 0 fully saturated rings. The van der Waals surface area contributed by atoms with Crippen LogP contribution in [0.3, 0.4) is 0 Å². The Morgan fingerprint density at radius 1 is 0.375 bits per heavy atom. The van der Waals surface area contributed by atoms with Gasteiger partial charge in [-0.2, -0.15) is 9.97 Å². The Morgan fingerprint density at radius 3 is 1.68 bits per heavy atom. The lowest BCUT2D eigenvalue weighted by atomic mass is 9.99. The van der Waals surface area contributed by atoms with Crippen molar-refractivity contribution in [2.45, 2.75) is 0 Å². The summed E-state index contributed by atoms with van der Waals surface area (Å²) >= 11 is 1.84. The minimum Gasteiger partial charge on any atom is -0.277 e. The van der Waals surface area contributed by atoms with E-state index in [0.29, 0.717) is 17.6 Å². The van der Waals surface area contributed by atoms with Crippen LogP contribution in [0.15, 0.2) is 182 Å². The van der Waals surface area contributed by atoms with Crippen molar-refractivity contribution in [3.63, 3.8) is 0 Å². The molecule has 3 heterocycles. The number of para-hydroxylation sites is 1. The maximum atomic E-state index is 5.38. The lowest BCUT2D eigenvalue weighted by molar-refractivity contribution is 0.954. The zero-order chi connectivity index (χ0) is 36.7. The fourth-order valence-electron chi connectivity index (χ4n) is 8.55. The van der Waals surface area contributed by atoms with Gasteiger partial charge in [0.05, 0.1) is 11.0 Å². The van der Waals surface area contributed by atoms with Gasteiger partial charge in [-0.1, -0.05) is 152 Å². The highest BCUT2D eigenvalue weighted by atomic mass is 32.1. The Hall–Kier alpha value is -7.21. The highest BCUT2D eigenvalue weighted by molar-refractivity contribution is 7.25. The molecule has 12 rings (SSSR count). The Balaban J connectivity index is 1.18. The van der Waals surface area contributed by atoms with Crippen LogP contribution in [0, 0.1) is 0 Å². The number of fused-ring (bicyclic) bond motifs is 10. The quantitative estimate of drug-likeness (QED) is 0.181. The van der Waals surface area contributed by atoms with Crippen molar-refractivity contribution in [3.8, 4) is 39.9 Å². The van der Waals surface area contributed by atoms with Crippen molar-refractivity contribution >= 4 is 85.6 Å². The van der Waals surface area contributed by atoms with Gasteiger partial charge >= 0.3 is 0 Å². The van der Waals surface area contributed by atoms with E-state index < -0.39 is 0 Å². The molecule has 0 bridgehead atoms. The molecule has 0 saturated heterocycles. The third-order valence-corrected chi connectivity index (χ3v) is 12.3. The predicted molar refractivity (Wildman–Crippen MR) is 236 cm³/mol. The Kier molecular flexibility index (Phi) is 6.76. The van der Waals surface area contributed by atoms with Gasteiger partial charge in [-0.3, -0.25) is 4.57 Å². The molecule has 0 aliphatic heterocycles. The van der Waals surface area contributed by atoms with Gasteiger partial charge in [0.15, 0.2) is 11.6 Å². The normalized spacial score (nSPS) is 11.9. The van der Waals surface area contributed by atoms with E-state index in [9.17, 15) is 0 Å². The van der Waals surface area contributed by atoms with Crippen molar-refractivity contribution in [3.05, 3.63) is 182 Å². The summed E-state index contributed by atoms with van der Waals surface area (Å²) in [6, 6.07) is 65.1. The summed E-state index contributed by atoms with van der Waals surface area (Å²) in [4.78, 5) is 16.0. The summed E-state index contributed by atoms with van der Waals surface area (Å²) in [6.07, 6.45) is 0. The summed E-state index contributed by atoms with van der Waals surface area (Å²) in [5.41, 5.74) is 6.28. The molecule has 56 heavy (non-hydrogen) atoms. The molecule has 0 aliphatic carbocycles. The van der Waals surface area contributed by atoms with Crippen molar-refractivity contribution < 1.29 is 0 Å². The fourth-order valence-corrected chi connectivity index (χ4v) is 9.70. The molecule has 3 aromatic heterocycles. The van der Waals surface area contributed by atoms with Crippen molar-refractivity contribution in [1.29, 1.82) is 0 Å². The molecule has 0 N–H and O–H groups in total. The van der Waals surface area contributed by atoms with E-state index in [-0.39, 0.29) is 0 Å². The van der Waals surface area contributed by atoms with E-state index in [1.54, 1.807) is 0 Å². The van der Waals surface area contributed by atoms with Crippen molar-refractivity contribution in [2.24, 2.45) is 0 Å². The van der Waals surface area contributed by atoms with Crippen LogP contribution in [-0.4, -0.2) is 19.5 Å². The van der Waals surface area contributed by atoms with Crippen LogP contribution in [0.4, 0.5) is 0 Å². The molecular weight excluding hydrogens is 701 g/mol. The van der Waals surface area contributed by atoms with Crippen LogP contribution in [0.25, 0.3) is 114 Å². The first-order valence-corrected chi connectivity index (χ1v) is 19.7. The number of hydrogen-bond donors (Lipinski definition) is 0. The highest BCUT2D eigenvalue weighted by Crippen LogP contribution is 2.43. The van der Waals surface area contributed by atoms with Gasteiger partial charge in [-0.05, 0) is 68.2 Å².